The van der Waals surface area contributed by atoms with Crippen LogP contribution in [-0.2, 0) is 0 Å². The zero-order valence-corrected chi connectivity index (χ0v) is 11.1. The summed E-state index contributed by atoms with van der Waals surface area (Å²) in [7, 11) is 0. The van der Waals surface area contributed by atoms with Crippen LogP contribution in [0.3, 0.4) is 0 Å². The second-order valence-corrected chi connectivity index (χ2v) is 4.70. The van der Waals surface area contributed by atoms with E-state index in [1.807, 2.05) is 0 Å². The van der Waals surface area contributed by atoms with E-state index in [2.05, 4.69) is 0 Å². The van der Waals surface area contributed by atoms with E-state index in [4.69, 9.17) is 16.0 Å². The van der Waals surface area contributed by atoms with Crippen LogP contribution in [0.2, 0.25) is 0 Å². The Morgan fingerprint density at radius 1 is 1.32 bits per heavy atom. The van der Waals surface area contributed by atoms with Crippen molar-refractivity contribution in [1.29, 1.82) is 0 Å². The van der Waals surface area contributed by atoms with Gasteiger partial charge in [0.25, 0.3) is 0 Å². The maximum atomic E-state index is 13.5. The first-order valence-corrected chi connectivity index (χ1v) is 5.98. The monoisotopic (exact) mass is 283 g/mol. The molecule has 0 aliphatic carbocycles. The molecule has 0 aliphatic heterocycles. The van der Waals surface area contributed by atoms with E-state index in [0.717, 1.165) is 0 Å². The summed E-state index contributed by atoms with van der Waals surface area (Å²) in [5.41, 5.74) is 1.59. The number of nitro groups is 1. The predicted octanol–water partition coefficient (Wildman–Crippen LogP) is 4.27. The van der Waals surface area contributed by atoms with Gasteiger partial charge in [-0.2, -0.15) is 0 Å². The van der Waals surface area contributed by atoms with E-state index >= 15 is 0 Å². The Morgan fingerprint density at radius 2 is 1.89 bits per heavy atom. The van der Waals surface area contributed by atoms with Crippen LogP contribution in [0.1, 0.15) is 27.8 Å². The molecule has 0 spiro atoms. The minimum atomic E-state index is -0.688. The Labute approximate surface area is 113 Å². The molecule has 2 aromatic rings. The van der Waals surface area contributed by atoms with Crippen molar-refractivity contribution in [2.45, 2.75) is 19.2 Å². The Morgan fingerprint density at radius 3 is 2.37 bits per heavy atom. The van der Waals surface area contributed by atoms with Gasteiger partial charge in [0.05, 0.1) is 6.07 Å². The summed E-state index contributed by atoms with van der Waals surface area (Å²) in [6.07, 6.45) is 0. The SMILES string of the molecule is Cc1cc(C(Cl)c2ccc([N+](=O)[O-])o2)cc(C)c1F. The zero-order valence-electron chi connectivity index (χ0n) is 10.3. The zero-order chi connectivity index (χ0) is 14.2. The van der Waals surface area contributed by atoms with Gasteiger partial charge in [0.1, 0.15) is 21.9 Å². The van der Waals surface area contributed by atoms with Crippen molar-refractivity contribution >= 4 is 17.5 Å². The minimum absolute atomic E-state index is 0.263. The molecule has 1 atom stereocenters. The minimum Gasteiger partial charge on any atom is -0.404 e. The molecule has 2 rings (SSSR count). The molecular weight excluding hydrogens is 273 g/mol. The topological polar surface area (TPSA) is 56.3 Å². The molecule has 1 aromatic carbocycles. The number of benzene rings is 1. The molecule has 1 unspecified atom stereocenters. The first-order valence-electron chi connectivity index (χ1n) is 5.55. The normalized spacial score (nSPS) is 12.4. The van der Waals surface area contributed by atoms with Crippen LogP contribution in [0.15, 0.2) is 28.7 Å². The average molecular weight is 284 g/mol. The maximum absolute atomic E-state index is 13.5. The second kappa shape index (κ2) is 5.01. The van der Waals surface area contributed by atoms with Crippen molar-refractivity contribution in [3.05, 3.63) is 62.6 Å². The fraction of sp³-hybridized carbons (Fsp3) is 0.231. The molecule has 100 valence electrons. The lowest BCUT2D eigenvalue weighted by Gasteiger charge is -2.10. The predicted molar refractivity (Wildman–Crippen MR) is 68.9 cm³/mol. The standard InChI is InChI=1S/C13H11ClFNO3/c1-7-5-9(6-8(2)13(7)15)12(14)10-3-4-11(19-10)16(17)18/h3-6,12H,1-2H3. The molecule has 0 bridgehead atoms. The highest BCUT2D eigenvalue weighted by atomic mass is 35.5. The molecule has 0 saturated heterocycles. The number of alkyl halides is 1. The lowest BCUT2D eigenvalue weighted by atomic mass is 10.0. The summed E-state index contributed by atoms with van der Waals surface area (Å²) >= 11 is 6.21. The highest BCUT2D eigenvalue weighted by Crippen LogP contribution is 2.33. The second-order valence-electron chi connectivity index (χ2n) is 4.26. The van der Waals surface area contributed by atoms with Crippen LogP contribution in [0, 0.1) is 29.8 Å². The van der Waals surface area contributed by atoms with E-state index in [-0.39, 0.29) is 17.5 Å². The van der Waals surface area contributed by atoms with Crippen LogP contribution < -0.4 is 0 Å². The molecule has 0 aliphatic rings. The third kappa shape index (κ3) is 2.61. The van der Waals surface area contributed by atoms with E-state index in [1.165, 1.54) is 12.1 Å². The lowest BCUT2D eigenvalue weighted by Crippen LogP contribution is -1.96. The summed E-state index contributed by atoms with van der Waals surface area (Å²) < 4.78 is 18.6. The molecule has 0 radical (unpaired) electrons. The molecule has 1 aromatic heterocycles. The van der Waals surface area contributed by atoms with Gasteiger partial charge in [-0.3, -0.25) is 10.1 Å². The first-order chi connectivity index (χ1) is 8.90. The van der Waals surface area contributed by atoms with Crippen molar-refractivity contribution in [3.63, 3.8) is 0 Å². The molecular formula is C13H11ClFNO3. The largest absolute Gasteiger partial charge is 0.433 e. The van der Waals surface area contributed by atoms with Crippen LogP contribution in [-0.4, -0.2) is 4.92 Å². The number of nitrogens with zero attached hydrogens (tertiary/aromatic N) is 1. The maximum Gasteiger partial charge on any atom is 0.433 e. The molecule has 0 fully saturated rings. The third-order valence-electron chi connectivity index (χ3n) is 2.79. The fourth-order valence-electron chi connectivity index (χ4n) is 1.87. The van der Waals surface area contributed by atoms with Gasteiger partial charge in [-0.15, -0.1) is 11.6 Å². The smallest absolute Gasteiger partial charge is 0.404 e. The van der Waals surface area contributed by atoms with E-state index in [1.54, 1.807) is 26.0 Å². The van der Waals surface area contributed by atoms with E-state index in [0.29, 0.717) is 16.7 Å². The Kier molecular flexibility index (Phi) is 3.57. The number of furan rings is 1. The summed E-state index contributed by atoms with van der Waals surface area (Å²) in [4.78, 5) is 9.91. The number of aryl methyl sites for hydroxylation is 2. The van der Waals surface area contributed by atoms with Gasteiger partial charge in [0.2, 0.25) is 0 Å². The van der Waals surface area contributed by atoms with Crippen LogP contribution in [0.5, 0.6) is 0 Å². The van der Waals surface area contributed by atoms with Crippen molar-refractivity contribution in [1.82, 2.24) is 0 Å². The lowest BCUT2D eigenvalue weighted by molar-refractivity contribution is -0.402. The fourth-order valence-corrected chi connectivity index (χ4v) is 2.11. The van der Waals surface area contributed by atoms with Gasteiger partial charge in [0.15, 0.2) is 0 Å². The van der Waals surface area contributed by atoms with Crippen LogP contribution in [0.4, 0.5) is 10.3 Å². The van der Waals surface area contributed by atoms with Gasteiger partial charge in [-0.1, -0.05) is 12.1 Å². The third-order valence-corrected chi connectivity index (χ3v) is 3.26. The number of halogens is 2. The number of rotatable bonds is 3. The molecule has 4 nitrogen and oxygen atoms in total. The Bertz CT molecular complexity index is 616. The van der Waals surface area contributed by atoms with Gasteiger partial charge in [0, 0.05) is 0 Å². The van der Waals surface area contributed by atoms with Crippen molar-refractivity contribution in [2.24, 2.45) is 0 Å². The van der Waals surface area contributed by atoms with Crippen LogP contribution in [0.25, 0.3) is 0 Å². The van der Waals surface area contributed by atoms with Gasteiger partial charge < -0.3 is 4.42 Å². The summed E-state index contributed by atoms with van der Waals surface area (Å²) in [5.74, 6) is -0.381. The van der Waals surface area contributed by atoms with Gasteiger partial charge >= 0.3 is 5.88 Å². The molecule has 1 heterocycles. The average Bonchev–Trinajstić information content (AvgIpc) is 2.84. The van der Waals surface area contributed by atoms with Crippen molar-refractivity contribution in [2.75, 3.05) is 0 Å². The quantitative estimate of drug-likeness (QED) is 0.480. The molecule has 0 amide bonds. The van der Waals surface area contributed by atoms with Gasteiger partial charge in [-0.25, -0.2) is 4.39 Å². The Hall–Kier alpha value is -1.88. The van der Waals surface area contributed by atoms with Gasteiger partial charge in [-0.05, 0) is 36.6 Å². The summed E-state index contributed by atoms with van der Waals surface area (Å²) in [5, 5.41) is 9.86. The van der Waals surface area contributed by atoms with Crippen molar-refractivity contribution < 1.29 is 13.7 Å². The van der Waals surface area contributed by atoms with E-state index in [9.17, 15) is 14.5 Å². The molecule has 0 N–H and O–H groups in total. The number of hydrogen-bond acceptors (Lipinski definition) is 3. The van der Waals surface area contributed by atoms with Crippen molar-refractivity contribution in [3.8, 4) is 0 Å². The summed E-state index contributed by atoms with van der Waals surface area (Å²) in [6, 6.07) is 5.90. The number of hydrogen-bond donors (Lipinski definition) is 0. The van der Waals surface area contributed by atoms with E-state index < -0.39 is 10.3 Å². The highest BCUT2D eigenvalue weighted by molar-refractivity contribution is 6.22. The highest BCUT2D eigenvalue weighted by Gasteiger charge is 2.20. The molecule has 19 heavy (non-hydrogen) atoms. The Balaban J connectivity index is 2.38. The molecule has 0 saturated carbocycles. The van der Waals surface area contributed by atoms with Crippen LogP contribution >= 0.6 is 11.6 Å². The summed E-state index contributed by atoms with van der Waals surface area (Å²) in [6.45, 7) is 3.28. The molecule has 6 heteroatoms. The first kappa shape index (κ1) is 13.5.